The minimum atomic E-state index is -4.90. The highest BCUT2D eigenvalue weighted by atomic mass is 19.4. The molecule has 0 aliphatic carbocycles. The van der Waals surface area contributed by atoms with Gasteiger partial charge in [0.25, 0.3) is 0 Å². The van der Waals surface area contributed by atoms with Crippen molar-refractivity contribution in [2.75, 3.05) is 50.2 Å². The summed E-state index contributed by atoms with van der Waals surface area (Å²) in [4.78, 5) is 24.3. The smallest absolute Gasteiger partial charge is 0.418 e. The molecule has 4 aromatic rings. The van der Waals surface area contributed by atoms with Crippen LogP contribution in [0.15, 0.2) is 18.3 Å². The van der Waals surface area contributed by atoms with Gasteiger partial charge >= 0.3 is 12.2 Å². The van der Waals surface area contributed by atoms with E-state index in [-0.39, 0.29) is 41.3 Å². The predicted octanol–water partition coefficient (Wildman–Crippen LogP) is 5.32. The average molecular weight is 648 g/mol. The Hall–Kier alpha value is -4.60. The molecule has 1 unspecified atom stereocenters. The van der Waals surface area contributed by atoms with E-state index in [0.29, 0.717) is 5.56 Å². The van der Waals surface area contributed by atoms with Crippen LogP contribution < -0.4 is 25.8 Å². The third-order valence-corrected chi connectivity index (χ3v) is 7.95. The highest BCUT2D eigenvalue weighted by Gasteiger charge is 2.39. The first-order valence-electron chi connectivity index (χ1n) is 14.5. The topological polar surface area (TPSA) is 141 Å². The van der Waals surface area contributed by atoms with E-state index in [9.17, 15) is 17.6 Å². The Morgan fingerprint density at radius 1 is 1.07 bits per heavy atom. The van der Waals surface area contributed by atoms with Gasteiger partial charge in [0.05, 0.1) is 36.6 Å². The molecule has 11 nitrogen and oxygen atoms in total. The molecular formula is C30H34F5N9O2. The highest BCUT2D eigenvalue weighted by Crippen LogP contribution is 2.46. The zero-order valence-electron chi connectivity index (χ0n) is 25.9. The Kier molecular flexibility index (Phi) is 9.02. The van der Waals surface area contributed by atoms with Crippen LogP contribution >= 0.6 is 0 Å². The summed E-state index contributed by atoms with van der Waals surface area (Å²) >= 11 is 0. The van der Waals surface area contributed by atoms with Crippen LogP contribution in [0.5, 0.6) is 11.9 Å². The highest BCUT2D eigenvalue weighted by molar-refractivity contribution is 5.97. The van der Waals surface area contributed by atoms with Gasteiger partial charge in [-0.1, -0.05) is 0 Å². The molecule has 1 saturated heterocycles. The molecule has 0 aromatic carbocycles. The molecule has 2 atom stereocenters. The fourth-order valence-electron chi connectivity index (χ4n) is 5.78. The summed E-state index contributed by atoms with van der Waals surface area (Å²) in [5, 5.41) is -0.0199. The fraction of sp³-hybridized carbons (Fsp3) is 0.433. The Labute approximate surface area is 261 Å². The molecule has 6 heterocycles. The van der Waals surface area contributed by atoms with Gasteiger partial charge in [-0.2, -0.15) is 23.1 Å². The maximum atomic E-state index is 16.2. The number of ether oxygens (including phenoxy) is 2. The van der Waals surface area contributed by atoms with E-state index in [0.717, 1.165) is 19.2 Å². The van der Waals surface area contributed by atoms with E-state index in [1.54, 1.807) is 18.7 Å². The maximum Gasteiger partial charge on any atom is 0.418 e. The lowest BCUT2D eigenvalue weighted by molar-refractivity contribution is -0.137. The number of likely N-dealkylation sites (tertiary alicyclic amines) is 1. The van der Waals surface area contributed by atoms with Gasteiger partial charge in [0.1, 0.15) is 46.5 Å². The van der Waals surface area contributed by atoms with E-state index < -0.39 is 57.9 Å². The van der Waals surface area contributed by atoms with Crippen LogP contribution in [-0.4, -0.2) is 69.7 Å². The third-order valence-electron chi connectivity index (χ3n) is 7.95. The van der Waals surface area contributed by atoms with Crippen molar-refractivity contribution < 1.29 is 31.4 Å². The number of aryl methyl sites for hydroxylation is 1. The molecule has 0 bridgehead atoms. The number of pyridine rings is 3. The quantitative estimate of drug-likeness (QED) is 0.278. The summed E-state index contributed by atoms with van der Waals surface area (Å²) in [7, 11) is 3.43. The third kappa shape index (κ3) is 6.25. The van der Waals surface area contributed by atoms with Crippen molar-refractivity contribution in [3.8, 4) is 23.1 Å². The summed E-state index contributed by atoms with van der Waals surface area (Å²) in [6, 6.07) is 0.678. The molecule has 2 aliphatic rings. The first-order chi connectivity index (χ1) is 21.7. The molecule has 0 radical (unpaired) electrons. The molecule has 46 heavy (non-hydrogen) atoms. The van der Waals surface area contributed by atoms with Gasteiger partial charge in [-0.3, -0.25) is 0 Å². The number of nitrogens with two attached hydrogens (primary N) is 2. The average Bonchev–Trinajstić information content (AvgIpc) is 3.42. The van der Waals surface area contributed by atoms with Crippen LogP contribution in [-0.2, 0) is 6.18 Å². The molecule has 0 spiro atoms. The van der Waals surface area contributed by atoms with Crippen LogP contribution in [0.3, 0.4) is 0 Å². The second kappa shape index (κ2) is 12.7. The van der Waals surface area contributed by atoms with Gasteiger partial charge in [0, 0.05) is 11.1 Å². The largest absolute Gasteiger partial charge is 0.475 e. The van der Waals surface area contributed by atoms with Gasteiger partial charge < -0.3 is 30.7 Å². The molecule has 4 N–H and O–H groups in total. The number of halogens is 5. The van der Waals surface area contributed by atoms with Crippen molar-refractivity contribution in [3.05, 3.63) is 46.8 Å². The zero-order chi connectivity index (χ0) is 33.5. The van der Waals surface area contributed by atoms with Crippen LogP contribution in [0, 0.1) is 18.6 Å². The first-order valence-corrected chi connectivity index (χ1v) is 14.5. The lowest BCUT2D eigenvalue weighted by Gasteiger charge is -2.34. The Morgan fingerprint density at radius 2 is 1.76 bits per heavy atom. The van der Waals surface area contributed by atoms with Gasteiger partial charge in [-0.25, -0.2) is 23.7 Å². The molecule has 1 fully saturated rings. The monoisotopic (exact) mass is 647 g/mol. The Bertz CT molecular complexity index is 1770. The van der Waals surface area contributed by atoms with Crippen LogP contribution in [0.1, 0.15) is 49.6 Å². The number of hydrogen-bond donors (Lipinski definition) is 2. The summed E-state index contributed by atoms with van der Waals surface area (Å²) in [6.45, 7) is 7.18. The van der Waals surface area contributed by atoms with E-state index in [1.165, 1.54) is 39.1 Å². The second-order valence-electron chi connectivity index (χ2n) is 11.3. The summed E-state index contributed by atoms with van der Waals surface area (Å²) < 4.78 is 83.7. The number of nitrogen functional groups attached to an aromatic ring is 2. The molecule has 16 heteroatoms. The van der Waals surface area contributed by atoms with Gasteiger partial charge in [0.15, 0.2) is 5.82 Å². The van der Waals surface area contributed by atoms with Crippen LogP contribution in [0.4, 0.5) is 39.4 Å². The van der Waals surface area contributed by atoms with Crippen molar-refractivity contribution in [2.45, 2.75) is 51.9 Å². The SMILES string of the molecule is CN1CCCC1.COc1nc2c3c(nc(-c4cc(N)nc(C)c4C(F)(F)F)c(F)c3n1)OC[C@H](C)N2C(C)c1cc(F)cnc1N. The minimum absolute atomic E-state index is 0.0199. The van der Waals surface area contributed by atoms with Crippen molar-refractivity contribution in [3.63, 3.8) is 0 Å². The van der Waals surface area contributed by atoms with Crippen molar-refractivity contribution >= 4 is 28.4 Å². The van der Waals surface area contributed by atoms with E-state index in [2.05, 4.69) is 36.9 Å². The number of hydrogen-bond acceptors (Lipinski definition) is 11. The van der Waals surface area contributed by atoms with Crippen LogP contribution in [0.2, 0.25) is 0 Å². The molecule has 6 rings (SSSR count). The molecule has 246 valence electrons. The van der Waals surface area contributed by atoms with Crippen molar-refractivity contribution in [2.24, 2.45) is 0 Å². The number of aromatic nitrogens is 5. The number of nitrogens with zero attached hydrogens (tertiary/aromatic N) is 7. The molecule has 4 aromatic heterocycles. The van der Waals surface area contributed by atoms with E-state index in [4.69, 9.17) is 20.9 Å². The van der Waals surface area contributed by atoms with Crippen molar-refractivity contribution in [1.29, 1.82) is 0 Å². The Morgan fingerprint density at radius 3 is 2.37 bits per heavy atom. The van der Waals surface area contributed by atoms with Gasteiger partial charge in [-0.05, 0) is 65.9 Å². The summed E-state index contributed by atoms with van der Waals surface area (Å²) in [5.41, 5.74) is 8.73. The minimum Gasteiger partial charge on any atom is -0.475 e. The normalized spacial score (nSPS) is 17.3. The van der Waals surface area contributed by atoms with Gasteiger partial charge in [0.2, 0.25) is 5.88 Å². The standard InChI is InChI=1S/C25H23F5N8O2.C5H11N/c1-9-8-40-23-16-20(18(27)19(35-23)14-6-15(31)34-10(2)17(14)25(28,29)30)36-24(39-4)37-22(16)38(9)11(3)13-5-12(26)7-33-21(13)32;1-6-4-2-3-5-6/h5-7,9,11H,8H2,1-4H3,(H2,31,34)(H2,32,33);2-5H2,1H3/t9-,11?;/m0./s1. The Balaban J connectivity index is 0.000000624. The maximum absolute atomic E-state index is 16.2. The molecule has 0 saturated carbocycles. The van der Waals surface area contributed by atoms with Crippen LogP contribution in [0.25, 0.3) is 22.2 Å². The number of anilines is 3. The van der Waals surface area contributed by atoms with Gasteiger partial charge in [-0.15, -0.1) is 0 Å². The first kappa shape index (κ1) is 32.8. The fourth-order valence-corrected chi connectivity index (χ4v) is 5.78. The molecule has 2 aliphatic heterocycles. The van der Waals surface area contributed by atoms with E-state index in [1.807, 2.05) is 0 Å². The number of alkyl halides is 3. The van der Waals surface area contributed by atoms with E-state index >= 15 is 4.39 Å². The number of methoxy groups -OCH3 is 1. The van der Waals surface area contributed by atoms with Crippen molar-refractivity contribution in [1.82, 2.24) is 29.8 Å². The zero-order valence-corrected chi connectivity index (χ0v) is 25.9. The summed E-state index contributed by atoms with van der Waals surface area (Å²) in [5.74, 6) is -2.12. The lowest BCUT2D eigenvalue weighted by Crippen LogP contribution is -2.39. The lowest BCUT2D eigenvalue weighted by atomic mass is 10.0. The molecule has 0 amide bonds. The second-order valence-corrected chi connectivity index (χ2v) is 11.3. The number of rotatable bonds is 4. The summed E-state index contributed by atoms with van der Waals surface area (Å²) in [6.07, 6.45) is -1.09. The molecular weight excluding hydrogens is 613 g/mol. The predicted molar refractivity (Wildman–Crippen MR) is 162 cm³/mol.